The average Bonchev–Trinajstić information content (AvgIpc) is 2.52. The van der Waals surface area contributed by atoms with E-state index in [1.165, 1.54) is 0 Å². The number of aryl methyl sites for hydroxylation is 1. The lowest BCUT2D eigenvalue weighted by Gasteiger charge is -2.21. The van der Waals surface area contributed by atoms with Gasteiger partial charge < -0.3 is 10.4 Å². The molecular formula is C18H21ClN2O2. The van der Waals surface area contributed by atoms with Crippen LogP contribution < -0.4 is 5.32 Å². The van der Waals surface area contributed by atoms with E-state index in [9.17, 15) is 9.90 Å². The molecule has 5 heteroatoms. The first-order chi connectivity index (χ1) is 11.1. The van der Waals surface area contributed by atoms with Crippen molar-refractivity contribution in [3.8, 4) is 0 Å². The number of benzene rings is 2. The minimum absolute atomic E-state index is 0.0102. The molecule has 122 valence electrons. The monoisotopic (exact) mass is 332 g/mol. The van der Waals surface area contributed by atoms with Crippen molar-refractivity contribution in [3.63, 3.8) is 0 Å². The molecule has 0 aliphatic carbocycles. The summed E-state index contributed by atoms with van der Waals surface area (Å²) >= 11 is 5.97. The van der Waals surface area contributed by atoms with Gasteiger partial charge in [-0.05, 0) is 30.2 Å². The second-order valence-electron chi connectivity index (χ2n) is 5.43. The zero-order chi connectivity index (χ0) is 16.7. The number of nitrogens with one attached hydrogen (secondary N) is 1. The third kappa shape index (κ3) is 5.67. The van der Waals surface area contributed by atoms with Crippen molar-refractivity contribution in [2.24, 2.45) is 0 Å². The topological polar surface area (TPSA) is 52.6 Å². The molecule has 0 spiro atoms. The van der Waals surface area contributed by atoms with Crippen molar-refractivity contribution in [1.29, 1.82) is 0 Å². The number of aliphatic hydroxyl groups excluding tert-OH is 1. The zero-order valence-electron chi connectivity index (χ0n) is 13.1. The second kappa shape index (κ2) is 8.67. The van der Waals surface area contributed by atoms with Gasteiger partial charge in [0.1, 0.15) is 0 Å². The molecule has 0 bridgehead atoms. The van der Waals surface area contributed by atoms with Gasteiger partial charge in [-0.25, -0.2) is 0 Å². The summed E-state index contributed by atoms with van der Waals surface area (Å²) in [6.45, 7) is 3.19. The normalized spacial score (nSPS) is 10.8. The van der Waals surface area contributed by atoms with Crippen molar-refractivity contribution in [2.45, 2.75) is 13.5 Å². The molecule has 0 aromatic heterocycles. The number of halogens is 1. The molecule has 4 nitrogen and oxygen atoms in total. The van der Waals surface area contributed by atoms with Gasteiger partial charge in [-0.15, -0.1) is 0 Å². The predicted molar refractivity (Wildman–Crippen MR) is 93.6 cm³/mol. The van der Waals surface area contributed by atoms with Crippen LogP contribution in [0, 0.1) is 6.92 Å². The van der Waals surface area contributed by atoms with Crippen molar-refractivity contribution < 1.29 is 9.90 Å². The fourth-order valence-electron chi connectivity index (χ4n) is 2.32. The maximum Gasteiger partial charge on any atom is 0.238 e. The average molecular weight is 333 g/mol. The minimum atomic E-state index is -0.125. The van der Waals surface area contributed by atoms with Gasteiger partial charge in [-0.3, -0.25) is 9.69 Å². The van der Waals surface area contributed by atoms with Gasteiger partial charge in [0.2, 0.25) is 5.91 Å². The molecule has 0 aliphatic rings. The van der Waals surface area contributed by atoms with E-state index in [1.54, 1.807) is 12.1 Å². The third-order valence-corrected chi connectivity index (χ3v) is 3.74. The van der Waals surface area contributed by atoms with Gasteiger partial charge in [0, 0.05) is 23.8 Å². The molecule has 0 unspecified atom stereocenters. The second-order valence-corrected chi connectivity index (χ2v) is 5.86. The Morgan fingerprint density at radius 1 is 1.22 bits per heavy atom. The van der Waals surface area contributed by atoms with E-state index in [0.717, 1.165) is 11.1 Å². The van der Waals surface area contributed by atoms with Crippen LogP contribution in [0.15, 0.2) is 48.5 Å². The number of hydrogen-bond donors (Lipinski definition) is 2. The summed E-state index contributed by atoms with van der Waals surface area (Å²) in [6.07, 6.45) is 0. The maximum absolute atomic E-state index is 12.3. The van der Waals surface area contributed by atoms with E-state index in [-0.39, 0.29) is 19.1 Å². The third-order valence-electron chi connectivity index (χ3n) is 3.51. The molecule has 0 heterocycles. The molecule has 0 aliphatic heterocycles. The molecule has 0 radical (unpaired) electrons. The first kappa shape index (κ1) is 17.5. The van der Waals surface area contributed by atoms with Crippen LogP contribution in [0.4, 0.5) is 5.69 Å². The highest BCUT2D eigenvalue weighted by atomic mass is 35.5. The predicted octanol–water partition coefficient (Wildman–Crippen LogP) is 3.08. The number of carbonyl (C=O) groups is 1. The van der Waals surface area contributed by atoms with Crippen LogP contribution in [0.1, 0.15) is 11.1 Å². The van der Waals surface area contributed by atoms with Gasteiger partial charge in [0.05, 0.1) is 13.2 Å². The largest absolute Gasteiger partial charge is 0.395 e. The molecule has 0 saturated carbocycles. The molecule has 2 N–H and O–H groups in total. The Bertz CT molecular complexity index is 647. The summed E-state index contributed by atoms with van der Waals surface area (Å²) in [5.41, 5.74) is 2.78. The SMILES string of the molecule is Cc1ccc(Cl)cc1NC(=O)CN(CCO)Cc1ccccc1. The number of aliphatic hydroxyl groups is 1. The Labute approximate surface area is 141 Å². The van der Waals surface area contributed by atoms with Crippen molar-refractivity contribution in [2.75, 3.05) is 25.0 Å². The number of amides is 1. The summed E-state index contributed by atoms with van der Waals surface area (Å²) in [6, 6.07) is 15.3. The molecule has 23 heavy (non-hydrogen) atoms. The summed E-state index contributed by atoms with van der Waals surface area (Å²) in [5, 5.41) is 12.7. The van der Waals surface area contributed by atoms with Crippen molar-refractivity contribution in [3.05, 3.63) is 64.7 Å². The minimum Gasteiger partial charge on any atom is -0.395 e. The highest BCUT2D eigenvalue weighted by Crippen LogP contribution is 2.20. The molecule has 1 amide bonds. The van der Waals surface area contributed by atoms with E-state index < -0.39 is 0 Å². The number of anilines is 1. The van der Waals surface area contributed by atoms with Crippen LogP contribution in [0.25, 0.3) is 0 Å². The Kier molecular flexibility index (Phi) is 6.59. The van der Waals surface area contributed by atoms with Crippen LogP contribution in [0.5, 0.6) is 0 Å². The fourth-order valence-corrected chi connectivity index (χ4v) is 2.49. The van der Waals surface area contributed by atoms with E-state index >= 15 is 0 Å². The summed E-state index contributed by atoms with van der Waals surface area (Å²) in [5.74, 6) is -0.125. The van der Waals surface area contributed by atoms with E-state index in [4.69, 9.17) is 11.6 Å². The number of carbonyl (C=O) groups excluding carboxylic acids is 1. The van der Waals surface area contributed by atoms with Crippen LogP contribution in [0.2, 0.25) is 5.02 Å². The van der Waals surface area contributed by atoms with Gasteiger partial charge >= 0.3 is 0 Å². The molecule has 2 aromatic rings. The van der Waals surface area contributed by atoms with Crippen LogP contribution in [-0.4, -0.2) is 35.6 Å². The zero-order valence-corrected chi connectivity index (χ0v) is 13.9. The fraction of sp³-hybridized carbons (Fsp3) is 0.278. The molecule has 0 atom stereocenters. The van der Waals surface area contributed by atoms with Gasteiger partial charge in [0.25, 0.3) is 0 Å². The molecule has 0 saturated heterocycles. The summed E-state index contributed by atoms with van der Waals surface area (Å²) in [4.78, 5) is 14.2. The van der Waals surface area contributed by atoms with Crippen LogP contribution in [0.3, 0.4) is 0 Å². The van der Waals surface area contributed by atoms with Crippen LogP contribution in [-0.2, 0) is 11.3 Å². The lowest BCUT2D eigenvalue weighted by atomic mass is 10.2. The van der Waals surface area contributed by atoms with E-state index in [2.05, 4.69) is 5.32 Å². The lowest BCUT2D eigenvalue weighted by Crippen LogP contribution is -2.35. The van der Waals surface area contributed by atoms with Gasteiger partial charge in [-0.2, -0.15) is 0 Å². The number of hydrogen-bond acceptors (Lipinski definition) is 3. The highest BCUT2D eigenvalue weighted by molar-refractivity contribution is 6.31. The van der Waals surface area contributed by atoms with E-state index in [0.29, 0.717) is 23.8 Å². The number of nitrogens with zero attached hydrogens (tertiary/aromatic N) is 1. The Balaban J connectivity index is 1.98. The van der Waals surface area contributed by atoms with Gasteiger partial charge in [-0.1, -0.05) is 48.0 Å². The summed E-state index contributed by atoms with van der Waals surface area (Å²) < 4.78 is 0. The van der Waals surface area contributed by atoms with Crippen molar-refractivity contribution in [1.82, 2.24) is 4.90 Å². The van der Waals surface area contributed by atoms with E-state index in [1.807, 2.05) is 48.2 Å². The van der Waals surface area contributed by atoms with Gasteiger partial charge in [0.15, 0.2) is 0 Å². The summed E-state index contributed by atoms with van der Waals surface area (Å²) in [7, 11) is 0. The standard InChI is InChI=1S/C18H21ClN2O2/c1-14-7-8-16(19)11-17(14)20-18(23)13-21(9-10-22)12-15-5-3-2-4-6-15/h2-8,11,22H,9-10,12-13H2,1H3,(H,20,23). The maximum atomic E-state index is 12.3. The van der Waals surface area contributed by atoms with Crippen molar-refractivity contribution >= 4 is 23.2 Å². The Hall–Kier alpha value is -1.88. The first-order valence-corrected chi connectivity index (χ1v) is 7.89. The lowest BCUT2D eigenvalue weighted by molar-refractivity contribution is -0.117. The number of rotatable bonds is 7. The Morgan fingerprint density at radius 3 is 2.65 bits per heavy atom. The molecule has 0 fully saturated rings. The molecule has 2 rings (SSSR count). The first-order valence-electron chi connectivity index (χ1n) is 7.51. The molecular weight excluding hydrogens is 312 g/mol. The van der Waals surface area contributed by atoms with Crippen LogP contribution >= 0.6 is 11.6 Å². The quantitative estimate of drug-likeness (QED) is 0.819. The highest BCUT2D eigenvalue weighted by Gasteiger charge is 2.12. The Morgan fingerprint density at radius 2 is 1.96 bits per heavy atom. The smallest absolute Gasteiger partial charge is 0.238 e. The molecule has 2 aromatic carbocycles.